The molecular weight excluding hydrogens is 390 g/mol. The first-order chi connectivity index (χ1) is 13.8. The summed E-state index contributed by atoms with van der Waals surface area (Å²) < 4.78 is 0. The highest BCUT2D eigenvalue weighted by molar-refractivity contribution is 5.88. The van der Waals surface area contributed by atoms with E-state index in [1.807, 2.05) is 0 Å². The van der Waals surface area contributed by atoms with E-state index in [1.54, 1.807) is 0 Å². The number of nitrogens with zero attached hydrogens (tertiary/aromatic N) is 2. The van der Waals surface area contributed by atoms with E-state index in [1.165, 1.54) is 0 Å². The third-order valence-electron chi connectivity index (χ3n) is 3.90. The lowest BCUT2D eigenvalue weighted by molar-refractivity contribution is -0.757. The maximum absolute atomic E-state index is 11.8. The van der Waals surface area contributed by atoms with Crippen molar-refractivity contribution in [2.24, 2.45) is 5.73 Å². The van der Waals surface area contributed by atoms with Gasteiger partial charge in [0.2, 0.25) is 11.8 Å². The zero-order chi connectivity index (χ0) is 21.9. The Labute approximate surface area is 168 Å². The Bertz CT molecular complexity index is 506. The van der Waals surface area contributed by atoms with Crippen LogP contribution < -0.4 is 16.4 Å². The highest BCUT2D eigenvalue weighted by Gasteiger charge is 2.16. The molecule has 0 aromatic heterocycles. The van der Waals surface area contributed by atoms with E-state index in [2.05, 4.69) is 20.3 Å². The fourth-order valence-corrected chi connectivity index (χ4v) is 2.37. The Morgan fingerprint density at radius 3 is 1.72 bits per heavy atom. The van der Waals surface area contributed by atoms with Gasteiger partial charge in [0.05, 0.1) is 25.7 Å². The topological polar surface area (TPSA) is 189 Å². The third-order valence-corrected chi connectivity index (χ3v) is 3.90. The van der Waals surface area contributed by atoms with Gasteiger partial charge in [-0.3, -0.25) is 9.59 Å². The summed E-state index contributed by atoms with van der Waals surface area (Å²) in [6.45, 7) is 1.00. The summed E-state index contributed by atoms with van der Waals surface area (Å²) >= 11 is 0. The van der Waals surface area contributed by atoms with E-state index in [4.69, 9.17) is 5.73 Å². The van der Waals surface area contributed by atoms with E-state index in [-0.39, 0.29) is 25.5 Å². The van der Waals surface area contributed by atoms with Crippen LogP contribution in [-0.4, -0.2) is 54.3 Å². The molecule has 0 rings (SSSR count). The van der Waals surface area contributed by atoms with E-state index in [0.29, 0.717) is 32.4 Å². The Morgan fingerprint density at radius 2 is 1.24 bits per heavy atom. The molecule has 13 nitrogen and oxygen atoms in total. The number of carbonyl (C=O) groups is 2. The smallest absolute Gasteiger partial charge is 0.294 e. The van der Waals surface area contributed by atoms with Crippen LogP contribution in [0.2, 0.25) is 0 Å². The van der Waals surface area contributed by atoms with Crippen molar-refractivity contribution in [3.63, 3.8) is 0 Å². The molecule has 29 heavy (non-hydrogen) atoms. The van der Waals surface area contributed by atoms with Crippen LogP contribution in [0.15, 0.2) is 0 Å². The predicted octanol–water partition coefficient (Wildman–Crippen LogP) is 0.474. The molecule has 1 unspecified atom stereocenters. The molecule has 0 radical (unpaired) electrons. The van der Waals surface area contributed by atoms with Crippen LogP contribution in [0.25, 0.3) is 0 Å². The van der Waals surface area contributed by atoms with E-state index < -0.39 is 22.1 Å². The second kappa shape index (κ2) is 17.4. The van der Waals surface area contributed by atoms with Gasteiger partial charge in [0.25, 0.3) is 10.2 Å². The number of unbranched alkanes of at least 4 members (excludes halogenated alkanes) is 6. The van der Waals surface area contributed by atoms with E-state index in [0.717, 1.165) is 32.1 Å². The van der Waals surface area contributed by atoms with Gasteiger partial charge >= 0.3 is 0 Å². The van der Waals surface area contributed by atoms with E-state index >= 15 is 0 Å². The second-order valence-electron chi connectivity index (χ2n) is 6.39. The number of rotatable bonds is 19. The lowest BCUT2D eigenvalue weighted by Crippen LogP contribution is -2.44. The summed E-state index contributed by atoms with van der Waals surface area (Å²) in [6.07, 6.45) is 5.55. The van der Waals surface area contributed by atoms with Crippen LogP contribution in [0.1, 0.15) is 57.8 Å². The molecule has 0 aromatic rings. The molecule has 0 saturated heterocycles. The van der Waals surface area contributed by atoms with Gasteiger partial charge in [-0.15, -0.1) is 20.2 Å². The minimum Gasteiger partial charge on any atom is -0.356 e. The Morgan fingerprint density at radius 1 is 0.793 bits per heavy atom. The standard InChI is InChI=1S/C16H31N5O8/c17-14(16(23)19-10-6-2-4-8-12-29-21(26)27)13-15(22)18-9-5-1-3-7-11-28-20(24)25/h14H,1-13,17H2,(H,18,22)(H,19,23). The Kier molecular flexibility index (Phi) is 15.8. The average molecular weight is 421 g/mol. The van der Waals surface area contributed by atoms with E-state index in [9.17, 15) is 29.8 Å². The SMILES string of the molecule is NC(CC(=O)NCCCCCCO[N+](=O)[O-])C(=O)NCCCCCCO[N+](=O)[O-]. The minimum atomic E-state index is -0.928. The Balaban J connectivity index is 3.57. The zero-order valence-electron chi connectivity index (χ0n) is 16.5. The fraction of sp³-hybridized carbons (Fsp3) is 0.875. The molecule has 13 heteroatoms. The van der Waals surface area contributed by atoms with Gasteiger partial charge in [-0.05, 0) is 25.7 Å². The summed E-state index contributed by atoms with van der Waals surface area (Å²) in [4.78, 5) is 51.9. The monoisotopic (exact) mass is 421 g/mol. The largest absolute Gasteiger partial charge is 0.356 e. The van der Waals surface area contributed by atoms with Gasteiger partial charge in [-0.25, -0.2) is 0 Å². The van der Waals surface area contributed by atoms with Crippen LogP contribution >= 0.6 is 0 Å². The zero-order valence-corrected chi connectivity index (χ0v) is 16.5. The molecule has 0 aromatic carbocycles. The summed E-state index contributed by atoms with van der Waals surface area (Å²) in [7, 11) is 0. The van der Waals surface area contributed by atoms with Crippen molar-refractivity contribution in [2.45, 2.75) is 63.8 Å². The molecule has 0 spiro atoms. The fourth-order valence-electron chi connectivity index (χ4n) is 2.37. The van der Waals surface area contributed by atoms with Crippen molar-refractivity contribution in [1.29, 1.82) is 0 Å². The summed E-state index contributed by atoms with van der Waals surface area (Å²) in [6, 6.07) is -0.928. The third kappa shape index (κ3) is 18.4. The van der Waals surface area contributed by atoms with Crippen LogP contribution in [0.5, 0.6) is 0 Å². The van der Waals surface area contributed by atoms with Gasteiger partial charge in [-0.1, -0.05) is 25.7 Å². The number of nitrogens with one attached hydrogen (secondary N) is 2. The highest BCUT2D eigenvalue weighted by atomic mass is 17.0. The van der Waals surface area contributed by atoms with Crippen LogP contribution in [0.4, 0.5) is 0 Å². The molecule has 0 aliphatic carbocycles. The van der Waals surface area contributed by atoms with Gasteiger partial charge in [0.15, 0.2) is 0 Å². The van der Waals surface area contributed by atoms with Crippen molar-refractivity contribution in [3.05, 3.63) is 20.2 Å². The maximum atomic E-state index is 11.8. The molecule has 0 fully saturated rings. The molecule has 2 amide bonds. The number of hydrogen-bond acceptors (Lipinski definition) is 9. The first kappa shape index (κ1) is 26.3. The van der Waals surface area contributed by atoms with Crippen molar-refractivity contribution >= 4 is 11.8 Å². The molecule has 0 bridgehead atoms. The quantitative estimate of drug-likeness (QED) is 0.151. The average Bonchev–Trinajstić information content (AvgIpc) is 2.65. The summed E-state index contributed by atoms with van der Waals surface area (Å²) in [5.41, 5.74) is 5.71. The summed E-state index contributed by atoms with van der Waals surface area (Å²) in [5, 5.41) is 23.6. The van der Waals surface area contributed by atoms with Gasteiger partial charge < -0.3 is 26.0 Å². The summed E-state index contributed by atoms with van der Waals surface area (Å²) in [5.74, 6) is -0.710. The first-order valence-electron chi connectivity index (χ1n) is 9.67. The number of amides is 2. The number of carbonyl (C=O) groups excluding carboxylic acids is 2. The number of nitrogens with two attached hydrogens (primary N) is 1. The molecule has 168 valence electrons. The molecule has 4 N–H and O–H groups in total. The molecule has 0 aliphatic heterocycles. The number of hydrogen-bond donors (Lipinski definition) is 3. The molecule has 0 saturated carbocycles. The molecule has 1 atom stereocenters. The predicted molar refractivity (Wildman–Crippen MR) is 101 cm³/mol. The van der Waals surface area contributed by atoms with Crippen molar-refractivity contribution in [2.75, 3.05) is 26.3 Å². The van der Waals surface area contributed by atoms with Crippen LogP contribution in [0.3, 0.4) is 0 Å². The first-order valence-corrected chi connectivity index (χ1v) is 9.67. The molecule has 0 heterocycles. The lowest BCUT2D eigenvalue weighted by Gasteiger charge is -2.12. The van der Waals surface area contributed by atoms with Crippen molar-refractivity contribution in [1.82, 2.24) is 10.6 Å². The Hall–Kier alpha value is -2.70. The highest BCUT2D eigenvalue weighted by Crippen LogP contribution is 2.01. The van der Waals surface area contributed by atoms with Crippen LogP contribution in [-0.2, 0) is 19.3 Å². The van der Waals surface area contributed by atoms with Crippen molar-refractivity contribution in [3.8, 4) is 0 Å². The molecule has 0 aliphatic rings. The van der Waals surface area contributed by atoms with Crippen LogP contribution in [0, 0.1) is 20.2 Å². The van der Waals surface area contributed by atoms with Crippen molar-refractivity contribution < 1.29 is 29.4 Å². The minimum absolute atomic E-state index is 0.0648. The van der Waals surface area contributed by atoms with Gasteiger partial charge in [0.1, 0.15) is 0 Å². The molecular formula is C16H31N5O8. The van der Waals surface area contributed by atoms with Gasteiger partial charge in [-0.2, -0.15) is 0 Å². The maximum Gasteiger partial charge on any atom is 0.294 e. The second-order valence-corrected chi connectivity index (χ2v) is 6.39. The van der Waals surface area contributed by atoms with Gasteiger partial charge in [0, 0.05) is 13.1 Å². The lowest BCUT2D eigenvalue weighted by atomic mass is 10.1. The normalized spacial score (nSPS) is 11.3.